The third kappa shape index (κ3) is 1.92. The Hall–Kier alpha value is -0.700. The van der Waals surface area contributed by atoms with Gasteiger partial charge in [0.15, 0.2) is 0 Å². The van der Waals surface area contributed by atoms with Crippen LogP contribution in [0, 0.1) is 0 Å². The van der Waals surface area contributed by atoms with Crippen molar-refractivity contribution in [3.05, 3.63) is 11.6 Å². The van der Waals surface area contributed by atoms with Gasteiger partial charge in [-0.3, -0.25) is 4.79 Å². The molecule has 1 heterocycles. The third-order valence-electron chi connectivity index (χ3n) is 1.39. The fourth-order valence-corrected chi connectivity index (χ4v) is 1.05. The lowest BCUT2D eigenvalue weighted by atomic mass is 10.2. The zero-order valence-corrected chi connectivity index (χ0v) is 6.62. The summed E-state index contributed by atoms with van der Waals surface area (Å²) >= 11 is 4.86. The lowest BCUT2D eigenvalue weighted by Gasteiger charge is -1.96. The van der Waals surface area contributed by atoms with Gasteiger partial charge >= 0.3 is 0 Å². The molecule has 10 heavy (non-hydrogen) atoms. The first-order chi connectivity index (χ1) is 4.68. The molecule has 1 N–H and O–H groups in total. The molecule has 0 bridgehead atoms. The van der Waals surface area contributed by atoms with Gasteiger partial charge in [-0.15, -0.1) is 0 Å². The molecule has 0 atom stereocenters. The van der Waals surface area contributed by atoms with E-state index in [0.29, 0.717) is 4.99 Å². The number of thiocarbonyl (C=S) groups is 1. The molecule has 0 aromatic rings. The van der Waals surface area contributed by atoms with Crippen molar-refractivity contribution in [3.8, 4) is 0 Å². The first kappa shape index (κ1) is 7.41. The Balaban J connectivity index is 2.71. The predicted molar refractivity (Wildman–Crippen MR) is 43.7 cm³/mol. The highest BCUT2D eigenvalue weighted by Crippen LogP contribution is 2.07. The van der Waals surface area contributed by atoms with Crippen molar-refractivity contribution in [1.29, 1.82) is 0 Å². The van der Waals surface area contributed by atoms with Crippen LogP contribution in [-0.2, 0) is 4.79 Å². The van der Waals surface area contributed by atoms with Crippen molar-refractivity contribution < 1.29 is 4.79 Å². The fourth-order valence-electron chi connectivity index (χ4n) is 0.843. The summed E-state index contributed by atoms with van der Waals surface area (Å²) in [5.41, 5.74) is 1.09. The molecule has 3 heteroatoms. The minimum Gasteiger partial charge on any atom is -0.317 e. The highest BCUT2D eigenvalue weighted by Gasteiger charge is 2.07. The average molecular weight is 155 g/mol. The SMILES string of the molecule is CC1=CC(=O)NC(=S)CC1. The number of carbonyl (C=O) groups is 1. The van der Waals surface area contributed by atoms with Crippen molar-refractivity contribution in [2.75, 3.05) is 0 Å². The Kier molecular flexibility index (Phi) is 2.17. The molecule has 0 saturated carbocycles. The molecular formula is C7H9NOS. The topological polar surface area (TPSA) is 29.1 Å². The van der Waals surface area contributed by atoms with Gasteiger partial charge in [0.1, 0.15) is 0 Å². The van der Waals surface area contributed by atoms with Gasteiger partial charge in [-0.05, 0) is 13.3 Å². The summed E-state index contributed by atoms with van der Waals surface area (Å²) in [6.07, 6.45) is 3.29. The van der Waals surface area contributed by atoms with E-state index in [1.807, 2.05) is 6.92 Å². The van der Waals surface area contributed by atoms with Crippen LogP contribution in [0.25, 0.3) is 0 Å². The minimum atomic E-state index is -0.0833. The van der Waals surface area contributed by atoms with E-state index in [0.717, 1.165) is 18.4 Å². The lowest BCUT2D eigenvalue weighted by Crippen LogP contribution is -2.25. The van der Waals surface area contributed by atoms with Gasteiger partial charge in [0.2, 0.25) is 5.91 Å². The molecule has 2 nitrogen and oxygen atoms in total. The van der Waals surface area contributed by atoms with Gasteiger partial charge in [0.05, 0.1) is 4.99 Å². The molecule has 0 spiro atoms. The number of rotatable bonds is 0. The van der Waals surface area contributed by atoms with Crippen LogP contribution in [0.3, 0.4) is 0 Å². The molecule has 1 rings (SSSR count). The van der Waals surface area contributed by atoms with E-state index in [4.69, 9.17) is 12.2 Å². The van der Waals surface area contributed by atoms with E-state index < -0.39 is 0 Å². The largest absolute Gasteiger partial charge is 0.317 e. The summed E-state index contributed by atoms with van der Waals surface area (Å²) in [5.74, 6) is -0.0833. The zero-order valence-electron chi connectivity index (χ0n) is 5.81. The lowest BCUT2D eigenvalue weighted by molar-refractivity contribution is -0.115. The van der Waals surface area contributed by atoms with E-state index >= 15 is 0 Å². The van der Waals surface area contributed by atoms with Crippen molar-refractivity contribution >= 4 is 23.1 Å². The molecule has 0 aromatic heterocycles. The smallest absolute Gasteiger partial charge is 0.248 e. The van der Waals surface area contributed by atoms with Crippen molar-refractivity contribution in [1.82, 2.24) is 5.32 Å². The number of carbonyl (C=O) groups excluding carboxylic acids is 1. The van der Waals surface area contributed by atoms with Crippen molar-refractivity contribution in [3.63, 3.8) is 0 Å². The molecule has 1 aliphatic heterocycles. The van der Waals surface area contributed by atoms with Crippen molar-refractivity contribution in [2.24, 2.45) is 0 Å². The summed E-state index contributed by atoms with van der Waals surface area (Å²) in [4.78, 5) is 11.5. The number of amides is 1. The highest BCUT2D eigenvalue weighted by molar-refractivity contribution is 7.80. The van der Waals surface area contributed by atoms with Crippen LogP contribution < -0.4 is 5.32 Å². The number of nitrogens with one attached hydrogen (secondary N) is 1. The Labute approximate surface area is 65.3 Å². The number of allylic oxidation sites excluding steroid dienone is 1. The molecule has 0 aromatic carbocycles. The van der Waals surface area contributed by atoms with Gasteiger partial charge in [-0.1, -0.05) is 17.8 Å². The van der Waals surface area contributed by atoms with Crippen LogP contribution >= 0.6 is 12.2 Å². The van der Waals surface area contributed by atoms with E-state index in [9.17, 15) is 4.79 Å². The molecule has 0 saturated heterocycles. The quantitative estimate of drug-likeness (QED) is 0.532. The molecule has 0 fully saturated rings. The van der Waals surface area contributed by atoms with Gasteiger partial charge in [0, 0.05) is 12.5 Å². The van der Waals surface area contributed by atoms with Gasteiger partial charge in [-0.25, -0.2) is 0 Å². The second-order valence-electron chi connectivity index (χ2n) is 2.40. The van der Waals surface area contributed by atoms with Crippen LogP contribution in [0.1, 0.15) is 19.8 Å². The monoisotopic (exact) mass is 155 g/mol. The maximum Gasteiger partial charge on any atom is 0.248 e. The summed E-state index contributed by atoms with van der Waals surface area (Å²) in [7, 11) is 0. The van der Waals surface area contributed by atoms with Crippen LogP contribution in [0.2, 0.25) is 0 Å². The zero-order chi connectivity index (χ0) is 7.56. The van der Waals surface area contributed by atoms with Gasteiger partial charge < -0.3 is 5.32 Å². The van der Waals surface area contributed by atoms with Crippen molar-refractivity contribution in [2.45, 2.75) is 19.8 Å². The molecular weight excluding hydrogens is 146 g/mol. The van der Waals surface area contributed by atoms with Crippen LogP contribution in [0.15, 0.2) is 11.6 Å². The maximum absolute atomic E-state index is 10.8. The predicted octanol–water partition coefficient (Wildman–Crippen LogP) is 1.17. The number of hydrogen-bond donors (Lipinski definition) is 1. The minimum absolute atomic E-state index is 0.0833. The molecule has 1 amide bonds. The summed E-state index contributed by atoms with van der Waals surface area (Å²) in [6.45, 7) is 1.94. The first-order valence-corrected chi connectivity index (χ1v) is 3.60. The molecule has 0 unspecified atom stereocenters. The second-order valence-corrected chi connectivity index (χ2v) is 2.90. The van der Waals surface area contributed by atoms with E-state index in [2.05, 4.69) is 5.32 Å². The standard InChI is InChI=1S/C7H9NOS/c1-5-2-3-7(10)8-6(9)4-5/h4H,2-3H2,1H3,(H,8,9,10). The maximum atomic E-state index is 10.8. The Morgan fingerprint density at radius 2 is 2.30 bits per heavy atom. The molecule has 1 aliphatic rings. The highest BCUT2D eigenvalue weighted by atomic mass is 32.1. The van der Waals surface area contributed by atoms with Crippen LogP contribution in [-0.4, -0.2) is 10.9 Å². The number of hydrogen-bond acceptors (Lipinski definition) is 2. The van der Waals surface area contributed by atoms with E-state index in [1.165, 1.54) is 0 Å². The molecule has 0 radical (unpaired) electrons. The summed E-state index contributed by atoms with van der Waals surface area (Å²) in [6, 6.07) is 0. The molecule has 54 valence electrons. The Morgan fingerprint density at radius 3 is 3.00 bits per heavy atom. The summed E-state index contributed by atoms with van der Waals surface area (Å²) in [5, 5.41) is 2.59. The van der Waals surface area contributed by atoms with Crippen LogP contribution in [0.4, 0.5) is 0 Å². The average Bonchev–Trinajstić information content (AvgIpc) is 1.93. The normalized spacial score (nSPS) is 19.5. The first-order valence-electron chi connectivity index (χ1n) is 3.19. The molecule has 0 aliphatic carbocycles. The van der Waals surface area contributed by atoms with Crippen LogP contribution in [0.5, 0.6) is 0 Å². The van der Waals surface area contributed by atoms with Gasteiger partial charge in [0.25, 0.3) is 0 Å². The summed E-state index contributed by atoms with van der Waals surface area (Å²) < 4.78 is 0. The third-order valence-corrected chi connectivity index (χ3v) is 1.69. The Morgan fingerprint density at radius 1 is 1.60 bits per heavy atom. The Bertz CT molecular complexity index is 208. The van der Waals surface area contributed by atoms with E-state index in [1.54, 1.807) is 6.08 Å². The fraction of sp³-hybridized carbons (Fsp3) is 0.429. The van der Waals surface area contributed by atoms with Gasteiger partial charge in [-0.2, -0.15) is 0 Å². The second kappa shape index (κ2) is 2.92. The van der Waals surface area contributed by atoms with E-state index in [-0.39, 0.29) is 5.91 Å².